The van der Waals surface area contributed by atoms with Crippen LogP contribution in [0.4, 0.5) is 28.4 Å². The first-order valence-corrected chi connectivity index (χ1v) is 18.1. The van der Waals surface area contributed by atoms with Crippen molar-refractivity contribution in [3.8, 4) is 5.75 Å². The molecule has 4 aromatic carbocycles. The molecule has 248 valence electrons. The molecule has 0 fully saturated rings. The Labute approximate surface area is 270 Å². The number of azo groups is 2. The summed E-state index contributed by atoms with van der Waals surface area (Å²) in [5.41, 5.74) is 5.76. The maximum atomic E-state index is 12.4. The van der Waals surface area contributed by atoms with Gasteiger partial charge in [-0.05, 0) is 70.6 Å². The Hall–Kier alpha value is -4.48. The third kappa shape index (κ3) is 8.66. The lowest BCUT2D eigenvalue weighted by Crippen LogP contribution is -2.15. The number of hydrogen-bond donors (Lipinski definition) is 4. The number of phenolic OH excluding ortho intramolecular Hbond substituents is 1. The second-order valence-corrected chi connectivity index (χ2v) is 14.9. The van der Waals surface area contributed by atoms with E-state index in [0.717, 1.165) is 18.2 Å². The highest BCUT2D eigenvalue weighted by Crippen LogP contribution is 2.45. The van der Waals surface area contributed by atoms with Crippen molar-refractivity contribution in [3.05, 3.63) is 78.9 Å². The minimum atomic E-state index is -4.94. The van der Waals surface area contributed by atoms with E-state index in [1.165, 1.54) is 48.5 Å². The predicted octanol–water partition coefficient (Wildman–Crippen LogP) is 4.65. The molecule has 4 rings (SSSR count). The fourth-order valence-corrected chi connectivity index (χ4v) is 6.45. The van der Waals surface area contributed by atoms with Gasteiger partial charge in [-0.15, -0.1) is 10.2 Å². The van der Waals surface area contributed by atoms with E-state index in [2.05, 4.69) is 31.2 Å². The number of rotatable bonds is 12. The molecule has 0 aliphatic carbocycles. The predicted molar refractivity (Wildman–Crippen MR) is 169 cm³/mol. The lowest BCUT2D eigenvalue weighted by Gasteiger charge is -2.12. The van der Waals surface area contributed by atoms with Crippen molar-refractivity contribution in [1.82, 2.24) is 0 Å². The van der Waals surface area contributed by atoms with Gasteiger partial charge in [-0.1, -0.05) is 24.8 Å². The number of sulfone groups is 1. The monoisotopic (exact) mass is 724 g/mol. The van der Waals surface area contributed by atoms with Gasteiger partial charge in [0.15, 0.2) is 15.6 Å². The smallest absolute Gasteiger partial charge is 0.397 e. The van der Waals surface area contributed by atoms with Crippen LogP contribution in [0.2, 0.25) is 0 Å². The topological polar surface area (TPSA) is 288 Å². The average Bonchev–Trinajstić information content (AvgIpc) is 2.98. The summed E-state index contributed by atoms with van der Waals surface area (Å²) in [5.74, 6) is -1.31. The first kappa shape index (κ1) is 35.4. The van der Waals surface area contributed by atoms with Gasteiger partial charge in [-0.3, -0.25) is 13.3 Å². The average molecular weight is 725 g/mol. The van der Waals surface area contributed by atoms with Gasteiger partial charge in [0, 0.05) is 4.91 Å². The number of phenols is 1. The SMILES string of the molecule is C=C(c1ccc(N=Nc2ccc3cc(S(=O)(=O)O)c(N=Nc4ccc(S(=O)(=O)CCOS(=O)(=O)O)cc4)c(N)c3c2O)cc1)S(=O)[O-]. The Kier molecular flexibility index (Phi) is 10.3. The summed E-state index contributed by atoms with van der Waals surface area (Å²) >= 11 is -2.51. The van der Waals surface area contributed by atoms with Gasteiger partial charge in [-0.2, -0.15) is 27.1 Å². The maximum Gasteiger partial charge on any atom is 0.397 e. The van der Waals surface area contributed by atoms with Gasteiger partial charge in [0.25, 0.3) is 10.1 Å². The Bertz CT molecular complexity index is 2290. The van der Waals surface area contributed by atoms with E-state index < -0.39 is 75.8 Å². The first-order valence-electron chi connectivity index (χ1n) is 12.6. The summed E-state index contributed by atoms with van der Waals surface area (Å²) in [6.45, 7) is 2.62. The highest BCUT2D eigenvalue weighted by molar-refractivity contribution is 7.91. The first-order chi connectivity index (χ1) is 21.9. The Morgan fingerprint density at radius 2 is 1.45 bits per heavy atom. The van der Waals surface area contributed by atoms with Crippen LogP contribution < -0.4 is 5.73 Å². The molecular weight excluding hydrogens is 703 g/mol. The summed E-state index contributed by atoms with van der Waals surface area (Å²) < 4.78 is 115. The molecule has 0 radical (unpaired) electrons. The molecule has 0 heterocycles. The molecule has 0 aromatic heterocycles. The number of nitrogen functional groups attached to an aromatic ring is 1. The third-order valence-electron chi connectivity index (χ3n) is 6.22. The third-order valence-corrected chi connectivity index (χ3v) is 9.88. The lowest BCUT2D eigenvalue weighted by molar-refractivity contribution is 0.284. The molecule has 5 N–H and O–H groups in total. The van der Waals surface area contributed by atoms with Crippen LogP contribution >= 0.6 is 0 Å². The van der Waals surface area contributed by atoms with Crippen LogP contribution in [0.3, 0.4) is 0 Å². The van der Waals surface area contributed by atoms with E-state index in [1.807, 2.05) is 0 Å². The highest BCUT2D eigenvalue weighted by Gasteiger charge is 2.23. The van der Waals surface area contributed by atoms with Crippen molar-refractivity contribution in [2.45, 2.75) is 9.79 Å². The minimum absolute atomic E-state index is 0.00165. The van der Waals surface area contributed by atoms with Crippen LogP contribution in [-0.2, 0) is 45.6 Å². The second kappa shape index (κ2) is 13.7. The molecule has 0 saturated heterocycles. The van der Waals surface area contributed by atoms with Gasteiger partial charge < -0.3 is 15.4 Å². The van der Waals surface area contributed by atoms with Gasteiger partial charge >= 0.3 is 10.4 Å². The molecule has 0 amide bonds. The van der Waals surface area contributed by atoms with Crippen molar-refractivity contribution >= 4 is 85.5 Å². The Balaban J connectivity index is 1.67. The molecule has 0 bridgehead atoms. The molecule has 1 unspecified atom stereocenters. The molecule has 0 spiro atoms. The van der Waals surface area contributed by atoms with Gasteiger partial charge in [0.1, 0.15) is 16.3 Å². The summed E-state index contributed by atoms with van der Waals surface area (Å²) in [6.07, 6.45) is 0. The number of hydrogen-bond acceptors (Lipinski definition) is 15. The van der Waals surface area contributed by atoms with E-state index in [4.69, 9.17) is 10.3 Å². The summed E-state index contributed by atoms with van der Waals surface area (Å²) in [6, 6.07) is 14.0. The zero-order valence-electron chi connectivity index (χ0n) is 23.5. The summed E-state index contributed by atoms with van der Waals surface area (Å²) in [4.78, 5) is -1.13. The molecule has 0 aliphatic heterocycles. The van der Waals surface area contributed by atoms with Gasteiger partial charge in [0.05, 0.1) is 39.7 Å². The molecule has 0 saturated carbocycles. The molecule has 0 aliphatic rings. The normalized spacial score (nSPS) is 13.4. The van der Waals surface area contributed by atoms with Gasteiger partial charge in [-0.25, -0.2) is 12.6 Å². The highest BCUT2D eigenvalue weighted by atomic mass is 32.3. The van der Waals surface area contributed by atoms with Crippen molar-refractivity contribution < 1.29 is 52.4 Å². The van der Waals surface area contributed by atoms with Crippen LogP contribution in [0.15, 0.2) is 104 Å². The van der Waals surface area contributed by atoms with Crippen LogP contribution in [-0.4, -0.2) is 60.6 Å². The summed E-state index contributed by atoms with van der Waals surface area (Å²) in [5, 5.41) is 26.6. The number of anilines is 1. The van der Waals surface area contributed by atoms with Crippen LogP contribution in [0.1, 0.15) is 5.56 Å². The van der Waals surface area contributed by atoms with E-state index >= 15 is 0 Å². The van der Waals surface area contributed by atoms with E-state index in [9.17, 15) is 43.7 Å². The zero-order valence-corrected chi connectivity index (χ0v) is 26.8. The number of nitrogens with zero attached hydrogens (tertiary/aromatic N) is 4. The number of fused-ring (bicyclic) bond motifs is 1. The van der Waals surface area contributed by atoms with Crippen molar-refractivity contribution in [2.75, 3.05) is 18.1 Å². The van der Waals surface area contributed by atoms with Crippen LogP contribution in [0.5, 0.6) is 5.75 Å². The number of aromatic hydroxyl groups is 1. The maximum absolute atomic E-state index is 12.4. The van der Waals surface area contributed by atoms with E-state index in [1.54, 1.807) is 0 Å². The molecular formula is C26H22N5O12S4-. The fraction of sp³-hybridized carbons (Fsp3) is 0.0769. The molecule has 21 heteroatoms. The molecule has 1 atom stereocenters. The van der Waals surface area contributed by atoms with Crippen molar-refractivity contribution in [2.24, 2.45) is 20.5 Å². The van der Waals surface area contributed by atoms with Crippen LogP contribution in [0, 0.1) is 0 Å². The number of benzene rings is 4. The fourth-order valence-electron chi connectivity index (χ4n) is 3.96. The summed E-state index contributed by atoms with van der Waals surface area (Å²) in [7, 11) is -13.8. The Morgan fingerprint density at radius 1 is 0.872 bits per heavy atom. The quantitative estimate of drug-likeness (QED) is 0.0670. The lowest BCUT2D eigenvalue weighted by atomic mass is 10.1. The van der Waals surface area contributed by atoms with Crippen LogP contribution in [0.25, 0.3) is 15.7 Å². The van der Waals surface area contributed by atoms with Crippen molar-refractivity contribution in [3.63, 3.8) is 0 Å². The zero-order chi connectivity index (χ0) is 34.7. The molecule has 17 nitrogen and oxygen atoms in total. The second-order valence-electron chi connectivity index (χ2n) is 9.31. The largest absolute Gasteiger partial charge is 0.768 e. The molecule has 4 aromatic rings. The molecule has 47 heavy (non-hydrogen) atoms. The minimum Gasteiger partial charge on any atom is -0.768 e. The van der Waals surface area contributed by atoms with E-state index in [-0.39, 0.29) is 37.6 Å². The Morgan fingerprint density at radius 3 is 2.00 bits per heavy atom. The van der Waals surface area contributed by atoms with E-state index in [0.29, 0.717) is 5.56 Å². The van der Waals surface area contributed by atoms with Gasteiger partial charge in [0.2, 0.25) is 0 Å². The standard InChI is InChI=1S/C26H23N5O12S4/c1-15(44(33)34)16-2-5-18(6-3-16)28-30-21-11-4-17-14-22(46(37,38)39)25(24(27)23(17)26(21)32)31-29-19-7-9-20(10-8-19)45(35,36)13-12-43-47(40,41)42/h2-11,14,32H,1,12-13,27H2,(H,33,34)(H,37,38,39)(H,40,41,42)/p-1. The number of nitrogens with two attached hydrogens (primary N) is 1. The van der Waals surface area contributed by atoms with Crippen molar-refractivity contribution in [1.29, 1.82) is 0 Å².